The van der Waals surface area contributed by atoms with E-state index in [1.165, 1.54) is 5.01 Å². The summed E-state index contributed by atoms with van der Waals surface area (Å²) in [6, 6.07) is 23.2. The average Bonchev–Trinajstić information content (AvgIpc) is 3.22. The highest BCUT2D eigenvalue weighted by atomic mass is 16.5. The Morgan fingerprint density at radius 1 is 0.829 bits per heavy atom. The summed E-state index contributed by atoms with van der Waals surface area (Å²) in [5.74, 6) is 0.949. The van der Waals surface area contributed by atoms with Crippen molar-refractivity contribution in [3.05, 3.63) is 95.1 Å². The highest BCUT2D eigenvalue weighted by Gasteiger charge is 2.57. The summed E-state index contributed by atoms with van der Waals surface area (Å²) < 4.78 is 6.79. The van der Waals surface area contributed by atoms with E-state index in [1.807, 2.05) is 42.5 Å². The minimum Gasteiger partial charge on any atom is -0.456 e. The van der Waals surface area contributed by atoms with Crippen LogP contribution >= 0.6 is 0 Å². The molecule has 0 radical (unpaired) electrons. The molecule has 0 saturated heterocycles. The van der Waals surface area contributed by atoms with Gasteiger partial charge in [0.2, 0.25) is 0 Å². The van der Waals surface area contributed by atoms with Crippen molar-refractivity contribution in [3.63, 3.8) is 0 Å². The van der Waals surface area contributed by atoms with Crippen LogP contribution in [0.25, 0.3) is 10.8 Å². The monoisotopic (exact) mass is 549 g/mol. The number of nitrogens with two attached hydrogens (primary N) is 1. The molecule has 8 heteroatoms. The first-order valence-corrected chi connectivity index (χ1v) is 14.3. The lowest BCUT2D eigenvalue weighted by Crippen LogP contribution is -2.57. The first-order valence-electron chi connectivity index (χ1n) is 14.3. The number of hydrogen-bond donors (Lipinski definition) is 2. The molecule has 2 aliphatic heterocycles. The highest BCUT2D eigenvalue weighted by Crippen LogP contribution is 2.58. The van der Waals surface area contributed by atoms with Crippen LogP contribution in [0.2, 0.25) is 0 Å². The minimum absolute atomic E-state index is 0.331. The van der Waals surface area contributed by atoms with Crippen LogP contribution in [-0.4, -0.2) is 43.1 Å². The maximum absolute atomic E-state index is 13.9. The Morgan fingerprint density at radius 2 is 1.46 bits per heavy atom. The molecule has 1 atom stereocenters. The average molecular weight is 550 g/mol. The van der Waals surface area contributed by atoms with E-state index in [4.69, 9.17) is 10.5 Å². The number of anilines is 2. The molecule has 0 fully saturated rings. The molecule has 4 aromatic rings. The zero-order valence-corrected chi connectivity index (χ0v) is 23.9. The van der Waals surface area contributed by atoms with Crippen LogP contribution in [0.15, 0.2) is 72.8 Å². The topological polar surface area (TPSA) is 91.1 Å². The van der Waals surface area contributed by atoms with Crippen molar-refractivity contribution in [2.75, 3.05) is 36.0 Å². The number of nitrogens with one attached hydrogen (secondary N) is 1. The van der Waals surface area contributed by atoms with Crippen LogP contribution in [0.1, 0.15) is 54.7 Å². The SMILES string of the molecule is CCN(CC)c1ccc2c(c1)Oc1c(ccc3cc(N(CC)CC)ccc13)C21c2ccccc2C(=O)N1NC(N)=O. The molecule has 0 aliphatic carbocycles. The van der Waals surface area contributed by atoms with Crippen LogP contribution < -0.4 is 25.7 Å². The summed E-state index contributed by atoms with van der Waals surface area (Å²) in [5, 5.41) is 3.33. The van der Waals surface area contributed by atoms with Crippen LogP contribution in [0.4, 0.5) is 16.2 Å². The molecule has 1 unspecified atom stereocenters. The number of carbonyl (C=O) groups excluding carboxylic acids is 2. The molecule has 2 aliphatic rings. The summed E-state index contributed by atoms with van der Waals surface area (Å²) >= 11 is 0. The Morgan fingerprint density at radius 3 is 2.15 bits per heavy atom. The Labute approximate surface area is 240 Å². The van der Waals surface area contributed by atoms with Gasteiger partial charge in [-0.25, -0.2) is 15.2 Å². The number of ether oxygens (including phenoxy) is 1. The van der Waals surface area contributed by atoms with E-state index < -0.39 is 11.6 Å². The summed E-state index contributed by atoms with van der Waals surface area (Å²) in [4.78, 5) is 30.9. The fraction of sp³-hybridized carbons (Fsp3) is 0.273. The molecule has 2 heterocycles. The molecule has 3 amide bonds. The molecule has 0 aromatic heterocycles. The van der Waals surface area contributed by atoms with Crippen molar-refractivity contribution >= 4 is 34.1 Å². The van der Waals surface area contributed by atoms with Gasteiger partial charge in [0, 0.05) is 71.3 Å². The van der Waals surface area contributed by atoms with Gasteiger partial charge < -0.3 is 20.3 Å². The lowest BCUT2D eigenvalue weighted by atomic mass is 9.74. The molecule has 210 valence electrons. The fourth-order valence-electron chi connectivity index (χ4n) is 6.56. The van der Waals surface area contributed by atoms with Gasteiger partial charge in [-0.1, -0.05) is 36.4 Å². The third kappa shape index (κ3) is 3.81. The smallest absolute Gasteiger partial charge is 0.331 e. The Bertz CT molecular complexity index is 1680. The number of hydrogen-bond acceptors (Lipinski definition) is 5. The second-order valence-electron chi connectivity index (χ2n) is 10.3. The van der Waals surface area contributed by atoms with Gasteiger partial charge in [0.1, 0.15) is 17.0 Å². The van der Waals surface area contributed by atoms with E-state index in [2.05, 4.69) is 67.2 Å². The van der Waals surface area contributed by atoms with Crippen LogP contribution in [0.3, 0.4) is 0 Å². The van der Waals surface area contributed by atoms with E-state index in [0.717, 1.165) is 65.0 Å². The Balaban J connectivity index is 1.69. The molecule has 1 spiro atoms. The van der Waals surface area contributed by atoms with Crippen molar-refractivity contribution in [2.45, 2.75) is 33.2 Å². The summed E-state index contributed by atoms with van der Waals surface area (Å²) in [7, 11) is 0. The van der Waals surface area contributed by atoms with Gasteiger partial charge >= 0.3 is 6.03 Å². The first kappa shape index (κ1) is 26.5. The number of urea groups is 1. The number of carbonyl (C=O) groups is 2. The second-order valence-corrected chi connectivity index (χ2v) is 10.3. The number of amides is 3. The molecule has 8 nitrogen and oxygen atoms in total. The van der Waals surface area contributed by atoms with Crippen LogP contribution in [0, 0.1) is 0 Å². The van der Waals surface area contributed by atoms with E-state index in [1.54, 1.807) is 6.07 Å². The van der Waals surface area contributed by atoms with E-state index in [0.29, 0.717) is 17.1 Å². The lowest BCUT2D eigenvalue weighted by Gasteiger charge is -2.44. The summed E-state index contributed by atoms with van der Waals surface area (Å²) in [6.07, 6.45) is 0. The number of fused-ring (bicyclic) bond motifs is 8. The van der Waals surface area contributed by atoms with Gasteiger partial charge in [0.25, 0.3) is 5.91 Å². The zero-order chi connectivity index (χ0) is 28.9. The van der Waals surface area contributed by atoms with Gasteiger partial charge in [-0.2, -0.15) is 0 Å². The third-order valence-electron chi connectivity index (χ3n) is 8.48. The fourth-order valence-corrected chi connectivity index (χ4v) is 6.56. The standard InChI is InChI=1S/C33H35N5O3/c1-5-36(6-2)22-14-16-24-21(19-22)13-17-28-30(24)41-29-20-23(37(7-3)8-4)15-18-27(29)33(28)26-12-10-9-11-25(26)31(39)38(33)35-32(34)40/h9-20H,5-8H2,1-4H3,(H3,34,35,40). The lowest BCUT2D eigenvalue weighted by molar-refractivity contribution is 0.0557. The van der Waals surface area contributed by atoms with E-state index in [9.17, 15) is 9.59 Å². The largest absolute Gasteiger partial charge is 0.456 e. The zero-order valence-electron chi connectivity index (χ0n) is 23.9. The van der Waals surface area contributed by atoms with Gasteiger partial charge in [0.05, 0.1) is 0 Å². The molecule has 6 rings (SSSR count). The third-order valence-corrected chi connectivity index (χ3v) is 8.48. The van der Waals surface area contributed by atoms with Gasteiger partial charge in [-0.15, -0.1) is 0 Å². The Hall–Kier alpha value is -4.72. The minimum atomic E-state index is -1.18. The molecular formula is C33H35N5O3. The first-order chi connectivity index (χ1) is 19.9. The summed E-state index contributed by atoms with van der Waals surface area (Å²) in [5.41, 5.74) is 12.1. The number of nitrogens with zero attached hydrogens (tertiary/aromatic N) is 3. The van der Waals surface area contributed by atoms with E-state index >= 15 is 0 Å². The molecule has 3 N–H and O–H groups in total. The number of rotatable bonds is 7. The molecule has 0 saturated carbocycles. The van der Waals surface area contributed by atoms with Gasteiger partial charge in [-0.3, -0.25) is 4.79 Å². The number of benzene rings is 4. The van der Waals surface area contributed by atoms with Crippen LogP contribution in [0.5, 0.6) is 11.5 Å². The number of primary amides is 1. The second kappa shape index (κ2) is 10.0. The van der Waals surface area contributed by atoms with Gasteiger partial charge in [0.15, 0.2) is 0 Å². The molecule has 4 aromatic carbocycles. The van der Waals surface area contributed by atoms with Crippen molar-refractivity contribution in [2.24, 2.45) is 5.73 Å². The van der Waals surface area contributed by atoms with Crippen molar-refractivity contribution in [3.8, 4) is 11.5 Å². The van der Waals surface area contributed by atoms with Gasteiger partial charge in [-0.05, 0) is 63.4 Å². The molecule has 0 bridgehead atoms. The highest BCUT2D eigenvalue weighted by molar-refractivity contribution is 6.04. The Kier molecular flexibility index (Phi) is 6.49. The maximum atomic E-state index is 13.9. The molecular weight excluding hydrogens is 514 g/mol. The van der Waals surface area contributed by atoms with E-state index in [-0.39, 0.29) is 5.91 Å². The maximum Gasteiger partial charge on any atom is 0.331 e. The predicted molar refractivity (Wildman–Crippen MR) is 163 cm³/mol. The van der Waals surface area contributed by atoms with Crippen molar-refractivity contribution in [1.29, 1.82) is 0 Å². The predicted octanol–water partition coefficient (Wildman–Crippen LogP) is 5.97. The normalized spacial score (nSPS) is 16.7. The number of hydrazine groups is 1. The van der Waals surface area contributed by atoms with Crippen molar-refractivity contribution in [1.82, 2.24) is 10.4 Å². The van der Waals surface area contributed by atoms with Crippen molar-refractivity contribution < 1.29 is 14.3 Å². The summed E-state index contributed by atoms with van der Waals surface area (Å²) in [6.45, 7) is 12.0. The molecule has 41 heavy (non-hydrogen) atoms. The van der Waals surface area contributed by atoms with Crippen LogP contribution in [-0.2, 0) is 5.54 Å². The quantitative estimate of drug-likeness (QED) is 0.296.